The Morgan fingerprint density at radius 3 is 2.35 bits per heavy atom. The predicted octanol–water partition coefficient (Wildman–Crippen LogP) is 2.50. The second kappa shape index (κ2) is 3.86. The van der Waals surface area contributed by atoms with Crippen molar-refractivity contribution in [1.82, 2.24) is 4.98 Å². The Morgan fingerprint density at radius 1 is 1.10 bits per heavy atom. The van der Waals surface area contributed by atoms with Crippen molar-refractivity contribution in [2.75, 3.05) is 0 Å². The van der Waals surface area contributed by atoms with Crippen LogP contribution in [0.3, 0.4) is 0 Å². The minimum absolute atomic E-state index is 0.286. The van der Waals surface area contributed by atoms with Gasteiger partial charge in [0, 0.05) is 17.9 Å². The quantitative estimate of drug-likeness (QED) is 0.774. The van der Waals surface area contributed by atoms with Crippen molar-refractivity contribution in [2.24, 2.45) is 11.8 Å². The van der Waals surface area contributed by atoms with Crippen LogP contribution in [0, 0.1) is 11.8 Å². The molecule has 1 saturated heterocycles. The van der Waals surface area contributed by atoms with Crippen LogP contribution in [-0.4, -0.2) is 23.3 Å². The van der Waals surface area contributed by atoms with Gasteiger partial charge in [0.05, 0.1) is 11.2 Å². The van der Waals surface area contributed by atoms with Crippen molar-refractivity contribution in [1.29, 1.82) is 0 Å². The topological polar surface area (TPSA) is 31.4 Å². The van der Waals surface area contributed by atoms with Gasteiger partial charge in [-0.1, -0.05) is 6.07 Å². The highest BCUT2D eigenvalue weighted by Crippen LogP contribution is 2.63. The van der Waals surface area contributed by atoms with Crippen molar-refractivity contribution in [2.45, 2.75) is 57.7 Å². The fraction of sp³-hybridized carbons (Fsp3) is 0.688. The summed E-state index contributed by atoms with van der Waals surface area (Å²) >= 11 is 0. The average Bonchev–Trinajstić information content (AvgIpc) is 2.91. The summed E-state index contributed by atoms with van der Waals surface area (Å²) in [6.07, 6.45) is 6.67. The van der Waals surface area contributed by atoms with Gasteiger partial charge in [0.15, 0.2) is 0 Å². The maximum atomic E-state index is 6.11. The summed E-state index contributed by atoms with van der Waals surface area (Å²) in [5, 5.41) is 0. The third-order valence-corrected chi connectivity index (χ3v) is 5.78. The highest BCUT2D eigenvalue weighted by molar-refractivity contribution is 6.62. The molecule has 3 unspecified atom stereocenters. The summed E-state index contributed by atoms with van der Waals surface area (Å²) < 4.78 is 12.2. The van der Waals surface area contributed by atoms with Gasteiger partial charge in [0.1, 0.15) is 0 Å². The molecule has 106 valence electrons. The van der Waals surface area contributed by atoms with Crippen LogP contribution < -0.4 is 5.46 Å². The highest BCUT2D eigenvalue weighted by atomic mass is 16.7. The fourth-order valence-electron chi connectivity index (χ4n) is 3.51. The lowest BCUT2D eigenvalue weighted by Crippen LogP contribution is -2.41. The van der Waals surface area contributed by atoms with E-state index in [1.165, 1.54) is 18.4 Å². The molecule has 0 bridgehead atoms. The van der Waals surface area contributed by atoms with Gasteiger partial charge in [0.2, 0.25) is 0 Å². The molecule has 1 aromatic rings. The molecule has 3 nitrogen and oxygen atoms in total. The van der Waals surface area contributed by atoms with E-state index in [-0.39, 0.29) is 18.3 Å². The number of fused-ring (bicyclic) bond motifs is 1. The standard InChI is InChI=1S/C16H22BNO2/c1-15(2)16(3,4)20-17(19-15)12-5-11(8-18-9-12)14-7-10-6-13(10)14/h5,8-10,13-14H,6-7H2,1-4H3. The van der Waals surface area contributed by atoms with Crippen molar-refractivity contribution in [3.63, 3.8) is 0 Å². The SMILES string of the molecule is CC1(C)OB(c2cncc(C3CC4CC43)c2)OC1(C)C. The molecular weight excluding hydrogens is 249 g/mol. The minimum Gasteiger partial charge on any atom is -0.399 e. The zero-order valence-electron chi connectivity index (χ0n) is 12.7. The number of pyridine rings is 1. The van der Waals surface area contributed by atoms with Crippen LogP contribution in [0.1, 0.15) is 52.0 Å². The van der Waals surface area contributed by atoms with Gasteiger partial charge in [-0.3, -0.25) is 4.98 Å². The van der Waals surface area contributed by atoms with E-state index in [2.05, 4.69) is 38.7 Å². The third kappa shape index (κ3) is 1.77. The van der Waals surface area contributed by atoms with Crippen LogP contribution in [-0.2, 0) is 9.31 Å². The maximum Gasteiger partial charge on any atom is 0.496 e. The van der Waals surface area contributed by atoms with Gasteiger partial charge in [0.25, 0.3) is 0 Å². The molecule has 3 fully saturated rings. The van der Waals surface area contributed by atoms with Crippen LogP contribution in [0.15, 0.2) is 18.5 Å². The number of aromatic nitrogens is 1. The molecule has 20 heavy (non-hydrogen) atoms. The summed E-state index contributed by atoms with van der Waals surface area (Å²) in [7, 11) is -0.289. The van der Waals surface area contributed by atoms with Crippen molar-refractivity contribution < 1.29 is 9.31 Å². The Kier molecular flexibility index (Phi) is 2.48. The van der Waals surface area contributed by atoms with E-state index in [0.29, 0.717) is 0 Å². The lowest BCUT2D eigenvalue weighted by Gasteiger charge is -2.32. The van der Waals surface area contributed by atoms with E-state index in [0.717, 1.165) is 23.2 Å². The predicted molar refractivity (Wildman–Crippen MR) is 78.9 cm³/mol. The molecule has 2 saturated carbocycles. The number of rotatable bonds is 2. The summed E-state index contributed by atoms with van der Waals surface area (Å²) in [6.45, 7) is 8.35. The van der Waals surface area contributed by atoms with Crippen molar-refractivity contribution >= 4 is 12.6 Å². The fourth-order valence-corrected chi connectivity index (χ4v) is 3.51. The Labute approximate surface area is 121 Å². The summed E-state index contributed by atoms with van der Waals surface area (Å²) in [5.74, 6) is 2.68. The van der Waals surface area contributed by atoms with Crippen LogP contribution >= 0.6 is 0 Å². The van der Waals surface area contributed by atoms with Gasteiger partial charge in [-0.25, -0.2) is 0 Å². The first-order chi connectivity index (χ1) is 9.37. The highest BCUT2D eigenvalue weighted by Gasteiger charge is 2.54. The first-order valence-corrected chi connectivity index (χ1v) is 7.68. The summed E-state index contributed by atoms with van der Waals surface area (Å²) in [5.41, 5.74) is 1.86. The van der Waals surface area contributed by atoms with Crippen LogP contribution in [0.4, 0.5) is 0 Å². The van der Waals surface area contributed by atoms with Crippen LogP contribution in [0.5, 0.6) is 0 Å². The molecule has 2 aliphatic carbocycles. The zero-order valence-corrected chi connectivity index (χ0v) is 12.7. The third-order valence-electron chi connectivity index (χ3n) is 5.78. The molecule has 0 spiro atoms. The Balaban J connectivity index is 1.58. The number of nitrogens with zero attached hydrogens (tertiary/aromatic N) is 1. The first-order valence-electron chi connectivity index (χ1n) is 7.68. The molecular formula is C16H22BNO2. The monoisotopic (exact) mass is 271 g/mol. The first kappa shape index (κ1) is 12.8. The van der Waals surface area contributed by atoms with E-state index in [9.17, 15) is 0 Å². The minimum atomic E-state index is -0.289. The Morgan fingerprint density at radius 2 is 1.80 bits per heavy atom. The van der Waals surface area contributed by atoms with Crippen LogP contribution in [0.2, 0.25) is 0 Å². The van der Waals surface area contributed by atoms with E-state index in [1.54, 1.807) is 0 Å². The van der Waals surface area contributed by atoms with Gasteiger partial charge < -0.3 is 9.31 Å². The molecule has 0 radical (unpaired) electrons. The van der Waals surface area contributed by atoms with E-state index in [1.807, 2.05) is 12.4 Å². The molecule has 2 heterocycles. The summed E-state index contributed by atoms with van der Waals surface area (Å²) in [6, 6.07) is 2.24. The van der Waals surface area contributed by atoms with E-state index < -0.39 is 0 Å². The largest absolute Gasteiger partial charge is 0.496 e. The lowest BCUT2D eigenvalue weighted by atomic mass is 9.75. The Hall–Kier alpha value is -0.865. The van der Waals surface area contributed by atoms with Gasteiger partial charge in [-0.05, 0) is 63.9 Å². The smallest absolute Gasteiger partial charge is 0.399 e. The van der Waals surface area contributed by atoms with Gasteiger partial charge in [-0.2, -0.15) is 0 Å². The Bertz CT molecular complexity index is 541. The number of hydrogen-bond acceptors (Lipinski definition) is 3. The van der Waals surface area contributed by atoms with Crippen molar-refractivity contribution in [3.05, 3.63) is 24.0 Å². The molecule has 1 aliphatic heterocycles. The molecule has 3 atom stereocenters. The van der Waals surface area contributed by atoms with Gasteiger partial charge in [-0.15, -0.1) is 0 Å². The normalized spacial score (nSPS) is 36.4. The lowest BCUT2D eigenvalue weighted by molar-refractivity contribution is 0.00578. The molecule has 4 rings (SSSR count). The molecule has 3 aliphatic rings. The molecule has 1 aromatic heterocycles. The second-order valence-corrected chi connectivity index (χ2v) is 7.64. The van der Waals surface area contributed by atoms with E-state index in [4.69, 9.17) is 9.31 Å². The second-order valence-electron chi connectivity index (χ2n) is 7.64. The number of hydrogen-bond donors (Lipinski definition) is 0. The average molecular weight is 271 g/mol. The van der Waals surface area contributed by atoms with E-state index >= 15 is 0 Å². The maximum absolute atomic E-state index is 6.11. The van der Waals surface area contributed by atoms with Gasteiger partial charge >= 0.3 is 7.12 Å². The van der Waals surface area contributed by atoms with Crippen LogP contribution in [0.25, 0.3) is 0 Å². The molecule has 0 amide bonds. The van der Waals surface area contributed by atoms with Crippen molar-refractivity contribution in [3.8, 4) is 0 Å². The summed E-state index contributed by atoms with van der Waals surface area (Å²) in [4.78, 5) is 4.42. The molecule has 0 aromatic carbocycles. The molecule has 4 heteroatoms. The molecule has 0 N–H and O–H groups in total. The zero-order chi connectivity index (χ0) is 14.1.